The van der Waals surface area contributed by atoms with E-state index >= 15 is 0 Å². The number of carbonyl (C=O) groups excluding carboxylic acids is 1. The predicted octanol–water partition coefficient (Wildman–Crippen LogP) is 8.21. The fourth-order valence-corrected chi connectivity index (χ4v) is 3.89. The van der Waals surface area contributed by atoms with Gasteiger partial charge in [-0.05, 0) is 38.5 Å². The van der Waals surface area contributed by atoms with E-state index in [9.17, 15) is 9.59 Å². The van der Waals surface area contributed by atoms with Gasteiger partial charge in [0.1, 0.15) is 6.10 Å². The van der Waals surface area contributed by atoms with Gasteiger partial charge < -0.3 is 9.84 Å². The molecule has 0 aromatic rings. The van der Waals surface area contributed by atoms with Crippen LogP contribution in [0.4, 0.5) is 0 Å². The first-order chi connectivity index (χ1) is 14.6. The van der Waals surface area contributed by atoms with Crippen molar-refractivity contribution in [1.82, 2.24) is 0 Å². The minimum Gasteiger partial charge on any atom is -0.481 e. The van der Waals surface area contributed by atoms with Crippen molar-refractivity contribution >= 4 is 11.9 Å². The summed E-state index contributed by atoms with van der Waals surface area (Å²) in [6, 6.07) is 0. The number of ether oxygens (including phenoxy) is 1. The molecule has 0 rings (SSSR count). The third-order valence-corrected chi connectivity index (χ3v) is 5.83. The maximum Gasteiger partial charge on any atom is 0.306 e. The average molecular weight is 427 g/mol. The Kier molecular flexibility index (Phi) is 21.8. The van der Waals surface area contributed by atoms with Gasteiger partial charge in [0.25, 0.3) is 0 Å². The fourth-order valence-electron chi connectivity index (χ4n) is 3.89. The number of carboxylic acid groups (broad SMARTS) is 1. The molecule has 30 heavy (non-hydrogen) atoms. The standard InChI is InChI=1S/C26H50O4/c1-3-5-7-9-11-12-13-15-17-21-24(20-16-14-10-8-6-4-2)30-26(29)23-19-18-22-25(27)28/h24H,3-23H2,1-2H3,(H,27,28). The minimum absolute atomic E-state index is 0.0488. The second-order valence-electron chi connectivity index (χ2n) is 8.89. The number of carboxylic acids is 1. The van der Waals surface area contributed by atoms with Crippen LogP contribution in [-0.4, -0.2) is 23.1 Å². The maximum atomic E-state index is 12.2. The smallest absolute Gasteiger partial charge is 0.306 e. The van der Waals surface area contributed by atoms with Gasteiger partial charge >= 0.3 is 11.9 Å². The van der Waals surface area contributed by atoms with Gasteiger partial charge in [-0.15, -0.1) is 0 Å². The first kappa shape index (κ1) is 28.9. The Bertz CT molecular complexity index is 394. The molecule has 0 amide bonds. The molecule has 1 atom stereocenters. The van der Waals surface area contributed by atoms with Crippen molar-refractivity contribution in [3.8, 4) is 0 Å². The Balaban J connectivity index is 4.02. The molecule has 0 radical (unpaired) electrons. The summed E-state index contributed by atoms with van der Waals surface area (Å²) in [4.78, 5) is 22.7. The third-order valence-electron chi connectivity index (χ3n) is 5.83. The molecule has 0 aromatic carbocycles. The lowest BCUT2D eigenvalue weighted by molar-refractivity contribution is -0.150. The lowest BCUT2D eigenvalue weighted by Crippen LogP contribution is -2.18. The normalized spacial score (nSPS) is 12.1. The molecule has 1 N–H and O–H groups in total. The number of esters is 1. The first-order valence-electron chi connectivity index (χ1n) is 13.0. The number of unbranched alkanes of at least 4 members (excludes halogenated alkanes) is 14. The predicted molar refractivity (Wildman–Crippen MR) is 126 cm³/mol. The zero-order valence-electron chi connectivity index (χ0n) is 20.1. The van der Waals surface area contributed by atoms with E-state index in [0.717, 1.165) is 25.7 Å². The summed E-state index contributed by atoms with van der Waals surface area (Å²) in [5.74, 6) is -0.943. The molecule has 0 aliphatic rings. The van der Waals surface area contributed by atoms with Crippen molar-refractivity contribution in [3.05, 3.63) is 0 Å². The SMILES string of the molecule is CCCCCCCCCCCC(CCCCCCCC)OC(=O)CCCCC(=O)O. The highest BCUT2D eigenvalue weighted by atomic mass is 16.5. The highest BCUT2D eigenvalue weighted by molar-refractivity contribution is 5.70. The Morgan fingerprint density at radius 3 is 1.43 bits per heavy atom. The van der Waals surface area contributed by atoms with Crippen LogP contribution in [0.15, 0.2) is 0 Å². The minimum atomic E-state index is -0.797. The summed E-state index contributed by atoms with van der Waals surface area (Å²) >= 11 is 0. The van der Waals surface area contributed by atoms with Gasteiger partial charge in [0, 0.05) is 12.8 Å². The van der Waals surface area contributed by atoms with E-state index in [1.54, 1.807) is 0 Å². The summed E-state index contributed by atoms with van der Waals surface area (Å²) < 4.78 is 5.77. The molecule has 178 valence electrons. The summed E-state index contributed by atoms with van der Waals surface area (Å²) in [5, 5.41) is 8.69. The van der Waals surface area contributed by atoms with Crippen molar-refractivity contribution in [1.29, 1.82) is 0 Å². The molecule has 0 aliphatic carbocycles. The molecular formula is C26H50O4. The summed E-state index contributed by atoms with van der Waals surface area (Å²) in [7, 11) is 0. The van der Waals surface area contributed by atoms with E-state index in [1.165, 1.54) is 83.5 Å². The number of rotatable bonds is 23. The monoisotopic (exact) mass is 426 g/mol. The van der Waals surface area contributed by atoms with Crippen LogP contribution in [0.3, 0.4) is 0 Å². The zero-order chi connectivity index (χ0) is 22.3. The largest absolute Gasteiger partial charge is 0.481 e. The van der Waals surface area contributed by atoms with Crippen molar-refractivity contribution in [2.45, 2.75) is 155 Å². The first-order valence-corrected chi connectivity index (χ1v) is 13.0. The molecular weight excluding hydrogens is 376 g/mol. The van der Waals surface area contributed by atoms with Gasteiger partial charge in [0.2, 0.25) is 0 Å². The molecule has 0 aliphatic heterocycles. The van der Waals surface area contributed by atoms with Crippen LogP contribution < -0.4 is 0 Å². The van der Waals surface area contributed by atoms with Gasteiger partial charge in [-0.3, -0.25) is 9.59 Å². The highest BCUT2D eigenvalue weighted by Gasteiger charge is 2.14. The van der Waals surface area contributed by atoms with E-state index < -0.39 is 5.97 Å². The van der Waals surface area contributed by atoms with Crippen LogP contribution in [0.2, 0.25) is 0 Å². The lowest BCUT2D eigenvalue weighted by Gasteiger charge is -2.18. The van der Waals surface area contributed by atoms with Crippen LogP contribution in [-0.2, 0) is 14.3 Å². The van der Waals surface area contributed by atoms with Crippen molar-refractivity contribution < 1.29 is 19.4 Å². The maximum absolute atomic E-state index is 12.2. The van der Waals surface area contributed by atoms with Crippen LogP contribution in [0.1, 0.15) is 149 Å². The van der Waals surface area contributed by atoms with E-state index in [2.05, 4.69) is 13.8 Å². The van der Waals surface area contributed by atoms with E-state index in [1.807, 2.05) is 0 Å². The fraction of sp³-hybridized carbons (Fsp3) is 0.923. The molecule has 0 saturated heterocycles. The second kappa shape index (κ2) is 22.6. The molecule has 0 spiro atoms. The Hall–Kier alpha value is -1.06. The van der Waals surface area contributed by atoms with Gasteiger partial charge in [0.05, 0.1) is 0 Å². The summed E-state index contributed by atoms with van der Waals surface area (Å²) in [6.45, 7) is 4.49. The quantitative estimate of drug-likeness (QED) is 0.132. The Labute approximate surface area is 186 Å². The molecule has 4 nitrogen and oxygen atoms in total. The molecule has 0 heterocycles. The molecule has 0 saturated carbocycles. The van der Waals surface area contributed by atoms with Crippen LogP contribution in [0.25, 0.3) is 0 Å². The van der Waals surface area contributed by atoms with Gasteiger partial charge in [-0.2, -0.15) is 0 Å². The topological polar surface area (TPSA) is 63.6 Å². The molecule has 4 heteroatoms. The molecule has 1 unspecified atom stereocenters. The van der Waals surface area contributed by atoms with Crippen LogP contribution in [0, 0.1) is 0 Å². The van der Waals surface area contributed by atoms with Crippen LogP contribution in [0.5, 0.6) is 0 Å². The van der Waals surface area contributed by atoms with E-state index in [-0.39, 0.29) is 18.5 Å². The van der Waals surface area contributed by atoms with E-state index in [4.69, 9.17) is 9.84 Å². The average Bonchev–Trinajstić information content (AvgIpc) is 2.72. The lowest BCUT2D eigenvalue weighted by atomic mass is 10.0. The van der Waals surface area contributed by atoms with E-state index in [0.29, 0.717) is 19.3 Å². The molecule has 0 bridgehead atoms. The molecule has 0 fully saturated rings. The van der Waals surface area contributed by atoms with Crippen molar-refractivity contribution in [2.24, 2.45) is 0 Å². The number of carbonyl (C=O) groups is 2. The van der Waals surface area contributed by atoms with Gasteiger partial charge in [-0.1, -0.05) is 97.3 Å². The summed E-state index contributed by atoms with van der Waals surface area (Å²) in [6.07, 6.45) is 22.9. The number of hydrogen-bond donors (Lipinski definition) is 1. The van der Waals surface area contributed by atoms with Crippen molar-refractivity contribution in [3.63, 3.8) is 0 Å². The van der Waals surface area contributed by atoms with Crippen molar-refractivity contribution in [2.75, 3.05) is 0 Å². The summed E-state index contributed by atoms with van der Waals surface area (Å²) in [5.41, 5.74) is 0. The number of hydrogen-bond acceptors (Lipinski definition) is 3. The highest BCUT2D eigenvalue weighted by Crippen LogP contribution is 2.18. The second-order valence-corrected chi connectivity index (χ2v) is 8.89. The molecule has 0 aromatic heterocycles. The van der Waals surface area contributed by atoms with Crippen LogP contribution >= 0.6 is 0 Å². The van der Waals surface area contributed by atoms with Gasteiger partial charge in [0.15, 0.2) is 0 Å². The Morgan fingerprint density at radius 1 is 0.600 bits per heavy atom. The van der Waals surface area contributed by atoms with Gasteiger partial charge in [-0.25, -0.2) is 0 Å². The zero-order valence-corrected chi connectivity index (χ0v) is 20.1. The Morgan fingerprint density at radius 2 is 1.00 bits per heavy atom. The number of aliphatic carboxylic acids is 1. The third kappa shape index (κ3) is 21.6.